The summed E-state index contributed by atoms with van der Waals surface area (Å²) in [7, 11) is 0. The van der Waals surface area contributed by atoms with Crippen LogP contribution in [-0.2, 0) is 6.42 Å². The van der Waals surface area contributed by atoms with Gasteiger partial charge in [0.2, 0.25) is 5.95 Å². The minimum Gasteiger partial charge on any atom is -0.405 e. The van der Waals surface area contributed by atoms with E-state index in [2.05, 4.69) is 166 Å². The predicted octanol–water partition coefficient (Wildman–Crippen LogP) is 12.3. The van der Waals surface area contributed by atoms with Gasteiger partial charge in [0.05, 0.1) is 44.7 Å². The quantitative estimate of drug-likeness (QED) is 0.130. The number of para-hydroxylation sites is 2. The van der Waals surface area contributed by atoms with Crippen LogP contribution in [0.25, 0.3) is 99.6 Å². The van der Waals surface area contributed by atoms with Crippen molar-refractivity contribution in [2.24, 2.45) is 5.73 Å². The Bertz CT molecular complexity index is 3410. The van der Waals surface area contributed by atoms with E-state index < -0.39 is 0 Å². The molecule has 5 heterocycles. The molecule has 274 valence electrons. The Morgan fingerprint density at radius 2 is 1.05 bits per heavy atom. The monoisotopic (exact) mass is 744 g/mol. The Morgan fingerprint density at radius 1 is 0.466 bits per heavy atom. The summed E-state index contributed by atoms with van der Waals surface area (Å²) in [4.78, 5) is 15.4. The molecule has 0 aliphatic heterocycles. The van der Waals surface area contributed by atoms with Crippen molar-refractivity contribution in [1.29, 1.82) is 0 Å². The number of pyridine rings is 2. The van der Waals surface area contributed by atoms with E-state index in [9.17, 15) is 0 Å². The summed E-state index contributed by atoms with van der Waals surface area (Å²) in [6, 6.07) is 58.2. The van der Waals surface area contributed by atoms with Crippen LogP contribution in [0.2, 0.25) is 0 Å². The molecule has 6 nitrogen and oxygen atoms in total. The molecule has 11 aromatic rings. The fourth-order valence-corrected chi connectivity index (χ4v) is 8.58. The highest BCUT2D eigenvalue weighted by molar-refractivity contribution is 6.22. The highest BCUT2D eigenvalue weighted by Crippen LogP contribution is 2.41. The van der Waals surface area contributed by atoms with Crippen molar-refractivity contribution < 1.29 is 0 Å². The Labute approximate surface area is 334 Å². The first-order valence-corrected chi connectivity index (χ1v) is 19.5. The molecule has 0 unspecified atom stereocenters. The van der Waals surface area contributed by atoms with Crippen LogP contribution in [0.1, 0.15) is 5.56 Å². The second kappa shape index (κ2) is 13.7. The molecular weight excluding hydrogens is 709 g/mol. The summed E-state index contributed by atoms with van der Waals surface area (Å²) < 4.78 is 4.69. The highest BCUT2D eigenvalue weighted by atomic mass is 15.2. The van der Waals surface area contributed by atoms with Gasteiger partial charge in [0, 0.05) is 49.8 Å². The molecule has 6 heteroatoms. The van der Waals surface area contributed by atoms with Gasteiger partial charge in [-0.15, -0.1) is 0 Å². The molecule has 0 amide bonds. The van der Waals surface area contributed by atoms with Crippen molar-refractivity contribution in [3.05, 3.63) is 200 Å². The van der Waals surface area contributed by atoms with Crippen molar-refractivity contribution >= 4 is 59.9 Å². The molecule has 58 heavy (non-hydrogen) atoms. The normalized spacial score (nSPS) is 12.1. The molecule has 0 atom stereocenters. The first kappa shape index (κ1) is 33.5. The third kappa shape index (κ3) is 5.46. The second-order valence-electron chi connectivity index (χ2n) is 14.6. The number of hydrogen-bond donors (Lipinski definition) is 1. The number of fused-ring (bicyclic) bond motifs is 12. The van der Waals surface area contributed by atoms with Gasteiger partial charge in [0.25, 0.3) is 0 Å². The zero-order valence-corrected chi connectivity index (χ0v) is 31.5. The van der Waals surface area contributed by atoms with Crippen LogP contribution < -0.4 is 5.73 Å². The smallest absolute Gasteiger partial charge is 0.235 e. The molecule has 0 aliphatic rings. The fraction of sp³-hybridized carbons (Fsp3) is 0.0192. The van der Waals surface area contributed by atoms with Crippen molar-refractivity contribution in [3.63, 3.8) is 0 Å². The lowest BCUT2D eigenvalue weighted by Gasteiger charge is -2.13. The maximum atomic E-state index is 5.52. The Balaban J connectivity index is 1.17. The summed E-state index contributed by atoms with van der Waals surface area (Å²) in [5.41, 5.74) is 18.0. The largest absolute Gasteiger partial charge is 0.405 e. The van der Waals surface area contributed by atoms with Crippen LogP contribution in [0.5, 0.6) is 0 Å². The van der Waals surface area contributed by atoms with E-state index >= 15 is 0 Å². The number of aromatic nitrogens is 5. The summed E-state index contributed by atoms with van der Waals surface area (Å²) >= 11 is 0. The minimum atomic E-state index is 0.616. The standard InChI is InChI=1S/C52H36N6/c53-30-10-1-2-12-34-20-22-36(23-21-34)45-33-46(37-26-24-35(25-27-37)44-17-9-11-31-54-44)56-52(55-45)58-48-19-8-6-16-41(48)42-28-29-49-43(51(42)58)32-50-40-15-4-3-13-38(40)39-14-5-7-18-47(39)57(49)50/h1-11,13-33H,12,53H2/b2-1-,30-10-. The Morgan fingerprint density at radius 3 is 1.74 bits per heavy atom. The molecule has 5 aromatic heterocycles. The minimum absolute atomic E-state index is 0.616. The Kier molecular flexibility index (Phi) is 7.93. The van der Waals surface area contributed by atoms with Crippen molar-refractivity contribution in [2.45, 2.75) is 6.42 Å². The first-order chi connectivity index (χ1) is 28.7. The second-order valence-corrected chi connectivity index (χ2v) is 14.6. The number of hydrogen-bond acceptors (Lipinski definition) is 4. The lowest BCUT2D eigenvalue weighted by Crippen LogP contribution is -2.04. The van der Waals surface area contributed by atoms with Gasteiger partial charge < -0.3 is 10.1 Å². The maximum Gasteiger partial charge on any atom is 0.235 e. The van der Waals surface area contributed by atoms with Gasteiger partial charge in [-0.3, -0.25) is 9.55 Å². The topological polar surface area (TPSA) is 74.0 Å². The molecule has 0 saturated heterocycles. The van der Waals surface area contributed by atoms with Crippen LogP contribution in [0.15, 0.2) is 194 Å². The van der Waals surface area contributed by atoms with Gasteiger partial charge in [-0.1, -0.05) is 133 Å². The van der Waals surface area contributed by atoms with E-state index in [4.69, 9.17) is 15.7 Å². The zero-order chi connectivity index (χ0) is 38.6. The van der Waals surface area contributed by atoms with E-state index in [1.54, 1.807) is 6.20 Å². The number of benzene rings is 6. The number of rotatable bonds is 7. The lowest BCUT2D eigenvalue weighted by molar-refractivity contribution is 0.998. The summed E-state index contributed by atoms with van der Waals surface area (Å²) in [6.07, 6.45) is 10.1. The molecule has 0 saturated carbocycles. The van der Waals surface area contributed by atoms with Crippen molar-refractivity contribution in [2.75, 3.05) is 0 Å². The molecule has 11 rings (SSSR count). The van der Waals surface area contributed by atoms with Crippen LogP contribution in [0.4, 0.5) is 0 Å². The Hall–Kier alpha value is -7.83. The molecule has 0 fully saturated rings. The molecule has 0 spiro atoms. The lowest BCUT2D eigenvalue weighted by atomic mass is 10.0. The van der Waals surface area contributed by atoms with E-state index in [0.29, 0.717) is 5.95 Å². The van der Waals surface area contributed by atoms with Crippen LogP contribution >= 0.6 is 0 Å². The number of allylic oxidation sites excluding steroid dienone is 3. The van der Waals surface area contributed by atoms with E-state index in [1.807, 2.05) is 36.5 Å². The van der Waals surface area contributed by atoms with Crippen molar-refractivity contribution in [3.8, 4) is 39.7 Å². The van der Waals surface area contributed by atoms with E-state index in [-0.39, 0.29) is 0 Å². The SMILES string of the molecule is N/C=C\C=C/Cc1ccc(-c2cc(-c3ccc(-c4ccccn4)cc3)nc(-n3c4ccccc4c4ccc5c(cc6c7ccccc7c7ccccc7n65)c43)n2)cc1. The van der Waals surface area contributed by atoms with Gasteiger partial charge in [-0.25, -0.2) is 9.97 Å². The molecule has 0 radical (unpaired) electrons. The van der Waals surface area contributed by atoms with Gasteiger partial charge in [0.15, 0.2) is 0 Å². The summed E-state index contributed by atoms with van der Waals surface area (Å²) in [5, 5.41) is 7.15. The van der Waals surface area contributed by atoms with Gasteiger partial charge in [-0.2, -0.15) is 0 Å². The predicted molar refractivity (Wildman–Crippen MR) is 240 cm³/mol. The fourth-order valence-electron chi connectivity index (χ4n) is 8.58. The first-order valence-electron chi connectivity index (χ1n) is 19.5. The summed E-state index contributed by atoms with van der Waals surface area (Å²) in [6.45, 7) is 0. The maximum absolute atomic E-state index is 5.52. The summed E-state index contributed by atoms with van der Waals surface area (Å²) in [5.74, 6) is 0.616. The average Bonchev–Trinajstić information content (AvgIpc) is 3.85. The van der Waals surface area contributed by atoms with Crippen LogP contribution in [-0.4, -0.2) is 23.9 Å². The molecule has 6 aromatic carbocycles. The molecule has 0 aliphatic carbocycles. The third-order valence-electron chi connectivity index (χ3n) is 11.3. The molecule has 2 N–H and O–H groups in total. The van der Waals surface area contributed by atoms with Crippen LogP contribution in [0, 0.1) is 0 Å². The molecular formula is C52H36N6. The van der Waals surface area contributed by atoms with Crippen molar-refractivity contribution in [1.82, 2.24) is 23.9 Å². The average molecular weight is 745 g/mol. The number of nitrogens with two attached hydrogens (primary N) is 1. The number of nitrogens with zero attached hydrogens (tertiary/aromatic N) is 5. The highest BCUT2D eigenvalue weighted by Gasteiger charge is 2.21. The third-order valence-corrected chi connectivity index (χ3v) is 11.3. The van der Waals surface area contributed by atoms with E-state index in [0.717, 1.165) is 72.9 Å². The van der Waals surface area contributed by atoms with Gasteiger partial charge in [0.1, 0.15) is 0 Å². The van der Waals surface area contributed by atoms with Gasteiger partial charge >= 0.3 is 0 Å². The van der Waals surface area contributed by atoms with Crippen LogP contribution in [0.3, 0.4) is 0 Å². The zero-order valence-electron chi connectivity index (χ0n) is 31.5. The molecule has 0 bridgehead atoms. The van der Waals surface area contributed by atoms with E-state index in [1.165, 1.54) is 32.8 Å². The van der Waals surface area contributed by atoms with Gasteiger partial charge in [-0.05, 0) is 72.1 Å².